The van der Waals surface area contributed by atoms with Crippen molar-refractivity contribution in [2.75, 3.05) is 11.1 Å². The van der Waals surface area contributed by atoms with E-state index >= 15 is 0 Å². The van der Waals surface area contributed by atoms with Crippen LogP contribution < -0.4 is 16.7 Å². The van der Waals surface area contributed by atoms with Gasteiger partial charge in [0, 0.05) is 6.92 Å². The number of carbonyl (C=O) groups excluding carboxylic acids is 1. The van der Waals surface area contributed by atoms with Crippen LogP contribution in [0.4, 0.5) is 11.5 Å². The summed E-state index contributed by atoms with van der Waals surface area (Å²) >= 11 is 0. The smallest absolute Gasteiger partial charge is 0.355 e. The Balaban J connectivity index is 2.10. The van der Waals surface area contributed by atoms with E-state index in [9.17, 15) is 9.59 Å². The number of amides is 1. The molecule has 0 aliphatic heterocycles. The maximum absolute atomic E-state index is 12.9. The van der Waals surface area contributed by atoms with Crippen molar-refractivity contribution in [1.82, 2.24) is 19.2 Å². The molecule has 2 aromatic carbocycles. The lowest BCUT2D eigenvalue weighted by molar-refractivity contribution is -0.114. The minimum atomic E-state index is -0.361. The number of hydrogen-bond donors (Lipinski definition) is 2. The third-order valence-electron chi connectivity index (χ3n) is 3.81. The Kier molecular flexibility index (Phi) is 3.24. The predicted molar refractivity (Wildman–Crippen MR) is 94.8 cm³/mol. The number of fused-ring (bicyclic) bond motifs is 3. The van der Waals surface area contributed by atoms with Crippen molar-refractivity contribution in [3.05, 3.63) is 59.0 Å². The van der Waals surface area contributed by atoms with E-state index in [1.54, 1.807) is 30.3 Å². The lowest BCUT2D eigenvalue weighted by atomic mass is 10.2. The predicted octanol–water partition coefficient (Wildman–Crippen LogP) is 1.57. The highest BCUT2D eigenvalue weighted by atomic mass is 16.2. The van der Waals surface area contributed by atoms with Gasteiger partial charge >= 0.3 is 5.69 Å². The standard InChI is InChI=1S/C17H14N6O2/c1-10(24)19-12-8-5-9-13-14(12)20-15(18)16-21-23(17(25)22(13)16)11-6-3-2-4-7-11/h2-9H,1H3,(H2,18,20)(H,19,24). The van der Waals surface area contributed by atoms with E-state index in [1.807, 2.05) is 18.2 Å². The number of nitrogens with zero attached hydrogens (tertiary/aromatic N) is 4. The number of para-hydroxylation sites is 2. The molecular weight excluding hydrogens is 320 g/mol. The number of benzene rings is 2. The number of hydrogen-bond acceptors (Lipinski definition) is 5. The first kappa shape index (κ1) is 14.9. The number of anilines is 2. The normalized spacial score (nSPS) is 11.1. The molecule has 3 N–H and O–H groups in total. The molecule has 4 aromatic rings. The molecule has 2 heterocycles. The summed E-state index contributed by atoms with van der Waals surface area (Å²) in [7, 11) is 0. The van der Waals surface area contributed by atoms with Crippen LogP contribution in [0.1, 0.15) is 6.92 Å². The second kappa shape index (κ2) is 5.45. The molecule has 0 radical (unpaired) electrons. The summed E-state index contributed by atoms with van der Waals surface area (Å²) in [5, 5.41) is 7.01. The van der Waals surface area contributed by atoms with Gasteiger partial charge in [0.2, 0.25) is 11.6 Å². The molecule has 0 bridgehead atoms. The summed E-state index contributed by atoms with van der Waals surface area (Å²) in [4.78, 5) is 28.7. The van der Waals surface area contributed by atoms with Gasteiger partial charge in [-0.15, -0.1) is 5.10 Å². The molecule has 1 amide bonds. The molecule has 124 valence electrons. The van der Waals surface area contributed by atoms with Crippen molar-refractivity contribution in [1.29, 1.82) is 0 Å². The van der Waals surface area contributed by atoms with Gasteiger partial charge in [-0.1, -0.05) is 24.3 Å². The molecule has 25 heavy (non-hydrogen) atoms. The van der Waals surface area contributed by atoms with Gasteiger partial charge in [-0.3, -0.25) is 4.79 Å². The van der Waals surface area contributed by atoms with Gasteiger partial charge in [-0.25, -0.2) is 14.2 Å². The van der Waals surface area contributed by atoms with Crippen molar-refractivity contribution in [3.8, 4) is 5.69 Å². The van der Waals surface area contributed by atoms with E-state index in [4.69, 9.17) is 5.73 Å². The average molecular weight is 334 g/mol. The molecule has 8 nitrogen and oxygen atoms in total. The van der Waals surface area contributed by atoms with Crippen LogP contribution in [0.15, 0.2) is 53.3 Å². The van der Waals surface area contributed by atoms with Gasteiger partial charge in [0.1, 0.15) is 5.52 Å². The molecule has 0 unspecified atom stereocenters. The number of rotatable bonds is 2. The molecule has 0 spiro atoms. The number of nitrogens with one attached hydrogen (secondary N) is 1. The average Bonchev–Trinajstić information content (AvgIpc) is 2.95. The van der Waals surface area contributed by atoms with Crippen LogP contribution in [-0.2, 0) is 4.79 Å². The summed E-state index contributed by atoms with van der Waals surface area (Å²) in [6.07, 6.45) is 0. The molecule has 0 aliphatic rings. The molecule has 2 aromatic heterocycles. The van der Waals surface area contributed by atoms with Gasteiger partial charge < -0.3 is 11.1 Å². The maximum atomic E-state index is 12.9. The SMILES string of the molecule is CC(=O)Nc1cccc2c1nc(N)c1nn(-c3ccccc3)c(=O)n12. The fourth-order valence-corrected chi connectivity index (χ4v) is 2.78. The summed E-state index contributed by atoms with van der Waals surface area (Å²) in [5.41, 5.74) is 7.98. The van der Waals surface area contributed by atoms with Crippen molar-refractivity contribution < 1.29 is 4.79 Å². The molecule has 0 fully saturated rings. The van der Waals surface area contributed by atoms with Crippen LogP contribution in [0.25, 0.3) is 22.4 Å². The highest BCUT2D eigenvalue weighted by Crippen LogP contribution is 2.24. The summed E-state index contributed by atoms with van der Waals surface area (Å²) in [5.74, 6) is -0.127. The van der Waals surface area contributed by atoms with E-state index in [2.05, 4.69) is 15.4 Å². The second-order valence-electron chi connectivity index (χ2n) is 5.54. The van der Waals surface area contributed by atoms with Crippen molar-refractivity contribution in [3.63, 3.8) is 0 Å². The summed E-state index contributed by atoms with van der Waals surface area (Å²) in [6, 6.07) is 14.2. The number of carbonyl (C=O) groups is 1. The van der Waals surface area contributed by atoms with Gasteiger partial charge in [0.15, 0.2) is 5.82 Å². The molecule has 8 heteroatoms. The highest BCUT2D eigenvalue weighted by molar-refractivity contribution is 5.99. The third-order valence-corrected chi connectivity index (χ3v) is 3.81. The van der Waals surface area contributed by atoms with E-state index in [0.717, 1.165) is 0 Å². The van der Waals surface area contributed by atoms with Crippen LogP contribution in [0.2, 0.25) is 0 Å². The Bertz CT molecular complexity index is 1180. The molecule has 0 saturated heterocycles. The first-order valence-corrected chi connectivity index (χ1v) is 7.59. The first-order chi connectivity index (χ1) is 12.1. The largest absolute Gasteiger partial charge is 0.381 e. The fourth-order valence-electron chi connectivity index (χ4n) is 2.78. The first-order valence-electron chi connectivity index (χ1n) is 7.59. The summed E-state index contributed by atoms with van der Waals surface area (Å²) in [6.45, 7) is 1.40. The maximum Gasteiger partial charge on any atom is 0.355 e. The van der Waals surface area contributed by atoms with Crippen LogP contribution in [0, 0.1) is 0 Å². The Labute approximate surface area is 141 Å². The zero-order valence-corrected chi connectivity index (χ0v) is 13.3. The quantitative estimate of drug-likeness (QED) is 0.578. The monoisotopic (exact) mass is 334 g/mol. The zero-order valence-electron chi connectivity index (χ0n) is 13.3. The van der Waals surface area contributed by atoms with Crippen molar-refractivity contribution in [2.24, 2.45) is 0 Å². The Morgan fingerprint density at radius 2 is 1.88 bits per heavy atom. The van der Waals surface area contributed by atoms with Crippen LogP contribution in [-0.4, -0.2) is 25.1 Å². The van der Waals surface area contributed by atoms with Gasteiger partial charge in [0.25, 0.3) is 0 Å². The Morgan fingerprint density at radius 3 is 2.60 bits per heavy atom. The lowest BCUT2D eigenvalue weighted by Crippen LogP contribution is -2.20. The second-order valence-corrected chi connectivity index (χ2v) is 5.54. The topological polar surface area (TPSA) is 107 Å². The van der Waals surface area contributed by atoms with E-state index in [-0.39, 0.29) is 23.1 Å². The Morgan fingerprint density at radius 1 is 1.12 bits per heavy atom. The molecular formula is C17H14N6O2. The van der Waals surface area contributed by atoms with Crippen LogP contribution in [0.3, 0.4) is 0 Å². The van der Waals surface area contributed by atoms with E-state index in [0.29, 0.717) is 22.4 Å². The highest BCUT2D eigenvalue weighted by Gasteiger charge is 2.17. The van der Waals surface area contributed by atoms with Crippen LogP contribution >= 0.6 is 0 Å². The molecule has 0 aliphatic carbocycles. The lowest BCUT2D eigenvalue weighted by Gasteiger charge is -2.08. The summed E-state index contributed by atoms with van der Waals surface area (Å²) < 4.78 is 2.67. The molecule has 0 atom stereocenters. The number of nitrogen functional groups attached to an aromatic ring is 1. The fraction of sp³-hybridized carbons (Fsp3) is 0.0588. The number of nitrogens with two attached hydrogens (primary N) is 1. The van der Waals surface area contributed by atoms with Crippen molar-refractivity contribution in [2.45, 2.75) is 6.92 Å². The third kappa shape index (κ3) is 2.31. The van der Waals surface area contributed by atoms with Gasteiger partial charge in [-0.2, -0.15) is 4.68 Å². The Hall–Kier alpha value is -3.68. The van der Waals surface area contributed by atoms with E-state index < -0.39 is 0 Å². The zero-order chi connectivity index (χ0) is 17.6. The minimum Gasteiger partial charge on any atom is -0.381 e. The van der Waals surface area contributed by atoms with Gasteiger partial charge in [0.05, 0.1) is 16.9 Å². The number of aromatic nitrogens is 4. The molecule has 0 saturated carbocycles. The van der Waals surface area contributed by atoms with E-state index in [1.165, 1.54) is 16.0 Å². The van der Waals surface area contributed by atoms with Gasteiger partial charge in [-0.05, 0) is 24.3 Å². The minimum absolute atomic E-state index is 0.108. The molecule has 4 rings (SSSR count). The van der Waals surface area contributed by atoms with Crippen molar-refractivity contribution >= 4 is 34.1 Å². The van der Waals surface area contributed by atoms with Crippen LogP contribution in [0.5, 0.6) is 0 Å².